The number of aliphatic hydroxyl groups excluding tert-OH is 1. The van der Waals surface area contributed by atoms with Crippen molar-refractivity contribution in [3.63, 3.8) is 0 Å². The molecule has 1 N–H and O–H groups in total. The van der Waals surface area contributed by atoms with Gasteiger partial charge in [0.1, 0.15) is 0 Å². The average molecular weight is 277 g/mol. The second-order valence-electron chi connectivity index (χ2n) is 5.69. The zero-order valence-electron chi connectivity index (χ0n) is 12.5. The van der Waals surface area contributed by atoms with Gasteiger partial charge in [0, 0.05) is 26.2 Å². The molecule has 1 saturated heterocycles. The Morgan fingerprint density at radius 2 is 2.15 bits per heavy atom. The third kappa shape index (κ3) is 5.23. The van der Waals surface area contributed by atoms with Gasteiger partial charge in [0.05, 0.1) is 12.2 Å². The summed E-state index contributed by atoms with van der Waals surface area (Å²) in [6, 6.07) is 10.6. The summed E-state index contributed by atoms with van der Waals surface area (Å²) < 4.78 is 5.95. The molecule has 112 valence electrons. The first-order chi connectivity index (χ1) is 9.78. The predicted octanol–water partition coefficient (Wildman–Crippen LogP) is 2.48. The third-order valence-corrected chi connectivity index (χ3v) is 3.98. The number of aliphatic hydroxyl groups is 1. The summed E-state index contributed by atoms with van der Waals surface area (Å²) in [7, 11) is 0. The van der Waals surface area contributed by atoms with Crippen LogP contribution in [0.4, 0.5) is 0 Å². The lowest BCUT2D eigenvalue weighted by Gasteiger charge is -2.19. The fraction of sp³-hybridized carbons (Fsp3) is 0.647. The third-order valence-electron chi connectivity index (χ3n) is 3.98. The van der Waals surface area contributed by atoms with E-state index >= 15 is 0 Å². The van der Waals surface area contributed by atoms with E-state index in [1.807, 2.05) is 6.92 Å². The molecule has 1 aromatic carbocycles. The molecule has 2 atom stereocenters. The van der Waals surface area contributed by atoms with Gasteiger partial charge in [-0.25, -0.2) is 0 Å². The fourth-order valence-electron chi connectivity index (χ4n) is 2.70. The van der Waals surface area contributed by atoms with Crippen molar-refractivity contribution in [3.05, 3.63) is 35.9 Å². The second kappa shape index (κ2) is 8.40. The van der Waals surface area contributed by atoms with Gasteiger partial charge in [-0.3, -0.25) is 4.90 Å². The number of hydrogen-bond donors (Lipinski definition) is 1. The Bertz CT molecular complexity index is 369. The van der Waals surface area contributed by atoms with E-state index in [0.717, 1.165) is 51.9 Å². The highest BCUT2D eigenvalue weighted by Crippen LogP contribution is 2.14. The highest BCUT2D eigenvalue weighted by atomic mass is 16.5. The smallest absolute Gasteiger partial charge is 0.0714 e. The number of benzene rings is 1. The van der Waals surface area contributed by atoms with Crippen LogP contribution < -0.4 is 0 Å². The first-order valence-electron chi connectivity index (χ1n) is 7.84. The first-order valence-corrected chi connectivity index (χ1v) is 7.84. The topological polar surface area (TPSA) is 32.7 Å². The van der Waals surface area contributed by atoms with Gasteiger partial charge in [0.2, 0.25) is 0 Å². The van der Waals surface area contributed by atoms with Crippen LogP contribution in [0.5, 0.6) is 0 Å². The van der Waals surface area contributed by atoms with Crippen molar-refractivity contribution < 1.29 is 9.84 Å². The SMILES string of the molecule is CC[C@@H](O)CN1CCC(OCCCc2ccccc2)C1. The van der Waals surface area contributed by atoms with Gasteiger partial charge in [-0.2, -0.15) is 0 Å². The highest BCUT2D eigenvalue weighted by Gasteiger charge is 2.23. The summed E-state index contributed by atoms with van der Waals surface area (Å²) in [6.45, 7) is 5.69. The minimum atomic E-state index is -0.188. The Labute approximate surface area is 122 Å². The zero-order chi connectivity index (χ0) is 14.2. The summed E-state index contributed by atoms with van der Waals surface area (Å²) >= 11 is 0. The normalized spacial score (nSPS) is 21.2. The van der Waals surface area contributed by atoms with E-state index in [4.69, 9.17) is 4.74 Å². The van der Waals surface area contributed by atoms with Crippen molar-refractivity contribution in [2.45, 2.75) is 44.8 Å². The molecule has 0 bridgehead atoms. The molecular weight excluding hydrogens is 250 g/mol. The van der Waals surface area contributed by atoms with E-state index in [9.17, 15) is 5.11 Å². The lowest BCUT2D eigenvalue weighted by Crippen LogP contribution is -2.31. The minimum absolute atomic E-state index is 0.188. The van der Waals surface area contributed by atoms with Gasteiger partial charge in [-0.15, -0.1) is 0 Å². The molecule has 2 rings (SSSR count). The maximum absolute atomic E-state index is 9.66. The van der Waals surface area contributed by atoms with Gasteiger partial charge in [0.15, 0.2) is 0 Å². The number of aryl methyl sites for hydroxylation is 1. The number of rotatable bonds is 8. The van der Waals surface area contributed by atoms with Crippen molar-refractivity contribution in [2.24, 2.45) is 0 Å². The van der Waals surface area contributed by atoms with E-state index in [2.05, 4.69) is 35.2 Å². The van der Waals surface area contributed by atoms with Gasteiger partial charge >= 0.3 is 0 Å². The first kappa shape index (κ1) is 15.5. The van der Waals surface area contributed by atoms with Crippen molar-refractivity contribution in [2.75, 3.05) is 26.2 Å². The molecule has 1 aromatic rings. The predicted molar refractivity (Wildman–Crippen MR) is 81.9 cm³/mol. The van der Waals surface area contributed by atoms with E-state index in [1.165, 1.54) is 5.56 Å². The Balaban J connectivity index is 1.57. The molecule has 0 spiro atoms. The monoisotopic (exact) mass is 277 g/mol. The highest BCUT2D eigenvalue weighted by molar-refractivity contribution is 5.14. The van der Waals surface area contributed by atoms with E-state index in [0.29, 0.717) is 6.10 Å². The molecule has 3 nitrogen and oxygen atoms in total. The van der Waals surface area contributed by atoms with Crippen LogP contribution in [0.2, 0.25) is 0 Å². The minimum Gasteiger partial charge on any atom is -0.392 e. The maximum atomic E-state index is 9.66. The Morgan fingerprint density at radius 3 is 2.90 bits per heavy atom. The lowest BCUT2D eigenvalue weighted by atomic mass is 10.1. The van der Waals surface area contributed by atoms with Gasteiger partial charge < -0.3 is 9.84 Å². The van der Waals surface area contributed by atoms with Crippen molar-refractivity contribution in [1.29, 1.82) is 0 Å². The maximum Gasteiger partial charge on any atom is 0.0714 e. The van der Waals surface area contributed by atoms with Crippen LogP contribution in [-0.4, -0.2) is 48.5 Å². The second-order valence-corrected chi connectivity index (χ2v) is 5.69. The molecule has 1 unspecified atom stereocenters. The Kier molecular flexibility index (Phi) is 6.51. The zero-order valence-corrected chi connectivity index (χ0v) is 12.5. The lowest BCUT2D eigenvalue weighted by molar-refractivity contribution is 0.0514. The largest absolute Gasteiger partial charge is 0.392 e. The average Bonchev–Trinajstić information content (AvgIpc) is 2.92. The van der Waals surface area contributed by atoms with E-state index in [1.54, 1.807) is 0 Å². The molecule has 0 saturated carbocycles. The summed E-state index contributed by atoms with van der Waals surface area (Å²) in [6.07, 6.45) is 4.27. The fourth-order valence-corrected chi connectivity index (χ4v) is 2.70. The number of likely N-dealkylation sites (tertiary alicyclic amines) is 1. The summed E-state index contributed by atoms with van der Waals surface area (Å²) in [5.74, 6) is 0. The Hall–Kier alpha value is -0.900. The summed E-state index contributed by atoms with van der Waals surface area (Å²) in [5, 5.41) is 9.66. The van der Waals surface area contributed by atoms with Crippen LogP contribution in [0.1, 0.15) is 31.7 Å². The van der Waals surface area contributed by atoms with Crippen molar-refractivity contribution in [1.82, 2.24) is 4.90 Å². The van der Waals surface area contributed by atoms with E-state index in [-0.39, 0.29) is 6.10 Å². The standard InChI is InChI=1S/C17H27NO2/c1-2-16(19)13-18-11-10-17(14-18)20-12-6-9-15-7-4-3-5-8-15/h3-5,7-8,16-17,19H,2,6,9-14H2,1H3/t16-,17?/m1/s1. The molecule has 0 radical (unpaired) electrons. The molecule has 20 heavy (non-hydrogen) atoms. The molecule has 0 aliphatic carbocycles. The number of nitrogens with zero attached hydrogens (tertiary/aromatic N) is 1. The number of ether oxygens (including phenoxy) is 1. The van der Waals surface area contributed by atoms with Crippen LogP contribution in [0.25, 0.3) is 0 Å². The molecule has 1 heterocycles. The van der Waals surface area contributed by atoms with Crippen LogP contribution >= 0.6 is 0 Å². The molecule has 1 aliphatic heterocycles. The molecule has 1 aliphatic rings. The molecular formula is C17H27NO2. The van der Waals surface area contributed by atoms with Crippen LogP contribution in [0, 0.1) is 0 Å². The van der Waals surface area contributed by atoms with Crippen LogP contribution in [0.15, 0.2) is 30.3 Å². The van der Waals surface area contributed by atoms with Crippen molar-refractivity contribution >= 4 is 0 Å². The van der Waals surface area contributed by atoms with Gasteiger partial charge in [0.25, 0.3) is 0 Å². The number of β-amino-alcohol motifs (C(OH)–C–C–N with tert-alkyl or cyclic N) is 1. The molecule has 0 aromatic heterocycles. The van der Waals surface area contributed by atoms with Gasteiger partial charge in [-0.1, -0.05) is 37.3 Å². The van der Waals surface area contributed by atoms with Crippen LogP contribution in [0.3, 0.4) is 0 Å². The van der Waals surface area contributed by atoms with Crippen molar-refractivity contribution in [3.8, 4) is 0 Å². The number of hydrogen-bond acceptors (Lipinski definition) is 3. The van der Waals surface area contributed by atoms with Gasteiger partial charge in [-0.05, 0) is 31.2 Å². The molecule has 0 amide bonds. The van der Waals surface area contributed by atoms with E-state index < -0.39 is 0 Å². The quantitative estimate of drug-likeness (QED) is 0.741. The van der Waals surface area contributed by atoms with Crippen LogP contribution in [-0.2, 0) is 11.2 Å². The molecule has 1 fully saturated rings. The molecule has 3 heteroatoms. The summed E-state index contributed by atoms with van der Waals surface area (Å²) in [5.41, 5.74) is 1.38. The summed E-state index contributed by atoms with van der Waals surface area (Å²) in [4.78, 5) is 2.32. The Morgan fingerprint density at radius 1 is 1.35 bits per heavy atom.